The van der Waals surface area contributed by atoms with Gasteiger partial charge in [0, 0.05) is 20.6 Å². The lowest BCUT2D eigenvalue weighted by molar-refractivity contribution is 0.491. The molecule has 1 heterocycles. The van der Waals surface area contributed by atoms with Gasteiger partial charge in [0.1, 0.15) is 0 Å². The van der Waals surface area contributed by atoms with Gasteiger partial charge in [-0.2, -0.15) is 0 Å². The van der Waals surface area contributed by atoms with Gasteiger partial charge in [-0.15, -0.1) is 0 Å². The maximum absolute atomic E-state index is 9.18. The molecule has 0 saturated carbocycles. The van der Waals surface area contributed by atoms with Crippen LogP contribution in [0.25, 0.3) is 10.1 Å². The van der Waals surface area contributed by atoms with Crippen LogP contribution in [0.3, 0.4) is 0 Å². The molecule has 2 rings (SSSR count). The van der Waals surface area contributed by atoms with Gasteiger partial charge in [-0.3, -0.25) is 0 Å². The van der Waals surface area contributed by atoms with Crippen LogP contribution >= 0.6 is 27.3 Å². The summed E-state index contributed by atoms with van der Waals surface area (Å²) < 4.78 is 2.14. The predicted octanol–water partition coefficient (Wildman–Crippen LogP) is 3.37. The highest BCUT2D eigenvalue weighted by Gasteiger charge is 2.01. The molecule has 1 N–H and O–H groups in total. The minimum absolute atomic E-state index is 0.368. The van der Waals surface area contributed by atoms with Gasteiger partial charge in [0.2, 0.25) is 0 Å². The molecule has 0 saturated heterocycles. The highest BCUT2D eigenvalue weighted by molar-refractivity contribution is 9.10. The van der Waals surface area contributed by atoms with E-state index in [9.17, 15) is 5.11 Å². The zero-order valence-electron chi connectivity index (χ0n) is 5.54. The summed E-state index contributed by atoms with van der Waals surface area (Å²) in [5, 5.41) is 10.6. The van der Waals surface area contributed by atoms with Crippen molar-refractivity contribution in [1.29, 1.82) is 0 Å². The van der Waals surface area contributed by atoms with Crippen molar-refractivity contribution in [3.8, 4) is 5.06 Å². The Kier molecular flexibility index (Phi) is 1.62. The Morgan fingerprint density at radius 2 is 2.18 bits per heavy atom. The maximum Gasteiger partial charge on any atom is 0.172 e. The van der Waals surface area contributed by atoms with Gasteiger partial charge in [0.25, 0.3) is 0 Å². The van der Waals surface area contributed by atoms with Crippen LogP contribution in [0.15, 0.2) is 28.7 Å². The lowest BCUT2D eigenvalue weighted by Crippen LogP contribution is -1.63. The van der Waals surface area contributed by atoms with Crippen LogP contribution < -0.4 is 0 Å². The summed E-state index contributed by atoms with van der Waals surface area (Å²) in [4.78, 5) is 0. The van der Waals surface area contributed by atoms with Gasteiger partial charge in [-0.1, -0.05) is 33.3 Å². The molecule has 11 heavy (non-hydrogen) atoms. The van der Waals surface area contributed by atoms with Crippen LogP contribution in [-0.2, 0) is 0 Å². The third-order valence-corrected chi connectivity index (χ3v) is 3.09. The van der Waals surface area contributed by atoms with Crippen LogP contribution in [0.5, 0.6) is 5.06 Å². The molecule has 0 aliphatic rings. The molecule has 56 valence electrons. The number of aromatic hydroxyl groups is 1. The fourth-order valence-electron chi connectivity index (χ4n) is 1.01. The van der Waals surface area contributed by atoms with Crippen molar-refractivity contribution in [1.82, 2.24) is 0 Å². The summed E-state index contributed by atoms with van der Waals surface area (Å²) in [6.45, 7) is 0. The van der Waals surface area contributed by atoms with Crippen molar-refractivity contribution in [2.75, 3.05) is 0 Å². The molecule has 0 aliphatic heterocycles. The van der Waals surface area contributed by atoms with E-state index in [1.54, 1.807) is 6.07 Å². The summed E-state index contributed by atoms with van der Waals surface area (Å²) in [6, 6.07) is 7.69. The van der Waals surface area contributed by atoms with Crippen molar-refractivity contribution in [3.63, 3.8) is 0 Å². The van der Waals surface area contributed by atoms with Gasteiger partial charge >= 0.3 is 0 Å². The molecule has 0 atom stereocenters. The third-order valence-electron chi connectivity index (χ3n) is 1.50. The van der Waals surface area contributed by atoms with E-state index in [0.717, 1.165) is 14.6 Å². The zero-order valence-corrected chi connectivity index (χ0v) is 7.95. The highest BCUT2D eigenvalue weighted by atomic mass is 79.9. The summed E-state index contributed by atoms with van der Waals surface area (Å²) in [5.41, 5.74) is 0. The molecule has 0 spiro atoms. The standard InChI is InChI=1S/C8H5BrOS/c9-6-2-1-3-7-5(6)4-8(10)11-7/h1-4,10H. The fraction of sp³-hybridized carbons (Fsp3) is 0. The van der Waals surface area contributed by atoms with Crippen LogP contribution in [0.2, 0.25) is 0 Å². The molecule has 1 aromatic carbocycles. The molecule has 0 unspecified atom stereocenters. The molecule has 1 nitrogen and oxygen atoms in total. The summed E-state index contributed by atoms with van der Waals surface area (Å²) >= 11 is 4.80. The monoisotopic (exact) mass is 228 g/mol. The average Bonchev–Trinajstić information content (AvgIpc) is 2.31. The van der Waals surface area contributed by atoms with E-state index in [4.69, 9.17) is 0 Å². The smallest absolute Gasteiger partial charge is 0.172 e. The Hall–Kier alpha value is -0.540. The Bertz CT molecular complexity index is 394. The number of benzene rings is 1. The summed E-state index contributed by atoms with van der Waals surface area (Å²) in [7, 11) is 0. The Labute approximate surface area is 76.4 Å². The van der Waals surface area contributed by atoms with Crippen LogP contribution in [0.1, 0.15) is 0 Å². The van der Waals surface area contributed by atoms with Gasteiger partial charge in [0.15, 0.2) is 5.06 Å². The van der Waals surface area contributed by atoms with Gasteiger partial charge < -0.3 is 5.11 Å². The van der Waals surface area contributed by atoms with E-state index >= 15 is 0 Å². The molecular formula is C8H5BrOS. The SMILES string of the molecule is Oc1cc2c(Br)cccc2s1. The number of rotatable bonds is 0. The largest absolute Gasteiger partial charge is 0.499 e. The first-order valence-electron chi connectivity index (χ1n) is 3.14. The Morgan fingerprint density at radius 3 is 2.91 bits per heavy atom. The number of thiophene rings is 1. The number of hydrogen-bond donors (Lipinski definition) is 1. The second-order valence-electron chi connectivity index (χ2n) is 2.24. The van der Waals surface area contributed by atoms with Crippen molar-refractivity contribution in [3.05, 3.63) is 28.7 Å². The minimum Gasteiger partial charge on any atom is -0.499 e. The zero-order chi connectivity index (χ0) is 7.84. The quantitative estimate of drug-likeness (QED) is 0.734. The molecule has 0 radical (unpaired) electrons. The fourth-order valence-corrected chi connectivity index (χ4v) is 2.45. The molecule has 3 heteroatoms. The van der Waals surface area contributed by atoms with E-state index in [-0.39, 0.29) is 0 Å². The topological polar surface area (TPSA) is 20.2 Å². The Balaban J connectivity index is 2.90. The van der Waals surface area contributed by atoms with Crippen LogP contribution in [0.4, 0.5) is 0 Å². The third kappa shape index (κ3) is 1.14. The van der Waals surface area contributed by atoms with E-state index in [1.807, 2.05) is 18.2 Å². The molecule has 0 amide bonds. The first-order chi connectivity index (χ1) is 5.27. The normalized spacial score (nSPS) is 10.6. The molecule has 0 bridgehead atoms. The van der Waals surface area contributed by atoms with E-state index < -0.39 is 0 Å². The van der Waals surface area contributed by atoms with Crippen LogP contribution in [0, 0.1) is 0 Å². The number of halogens is 1. The van der Waals surface area contributed by atoms with Crippen molar-refractivity contribution >= 4 is 37.4 Å². The highest BCUT2D eigenvalue weighted by Crippen LogP contribution is 2.34. The lowest BCUT2D eigenvalue weighted by Gasteiger charge is -1.89. The van der Waals surface area contributed by atoms with Crippen molar-refractivity contribution < 1.29 is 5.11 Å². The van der Waals surface area contributed by atoms with Gasteiger partial charge in [-0.05, 0) is 12.1 Å². The molecule has 1 aromatic heterocycles. The van der Waals surface area contributed by atoms with Gasteiger partial charge in [-0.25, -0.2) is 0 Å². The lowest BCUT2D eigenvalue weighted by atomic mass is 10.3. The number of hydrogen-bond acceptors (Lipinski definition) is 2. The van der Waals surface area contributed by atoms with Crippen LogP contribution in [-0.4, -0.2) is 5.11 Å². The van der Waals surface area contributed by atoms with Gasteiger partial charge in [0.05, 0.1) is 0 Å². The predicted molar refractivity (Wildman–Crippen MR) is 51.2 cm³/mol. The number of fused-ring (bicyclic) bond motifs is 1. The first kappa shape index (κ1) is 7.13. The first-order valence-corrected chi connectivity index (χ1v) is 4.75. The summed E-state index contributed by atoms with van der Waals surface area (Å²) in [6.07, 6.45) is 0. The second-order valence-corrected chi connectivity index (χ2v) is 4.15. The molecular weight excluding hydrogens is 224 g/mol. The summed E-state index contributed by atoms with van der Waals surface area (Å²) in [5.74, 6) is 0. The van der Waals surface area contributed by atoms with E-state index in [0.29, 0.717) is 5.06 Å². The van der Waals surface area contributed by atoms with E-state index in [1.165, 1.54) is 11.3 Å². The molecule has 0 aliphatic carbocycles. The Morgan fingerprint density at radius 1 is 1.36 bits per heavy atom. The van der Waals surface area contributed by atoms with E-state index in [2.05, 4.69) is 15.9 Å². The molecule has 2 aromatic rings. The second kappa shape index (κ2) is 2.50. The maximum atomic E-state index is 9.18. The molecule has 0 fully saturated rings. The van der Waals surface area contributed by atoms with Crippen molar-refractivity contribution in [2.45, 2.75) is 0 Å². The van der Waals surface area contributed by atoms with Crippen molar-refractivity contribution in [2.24, 2.45) is 0 Å². The average molecular weight is 229 g/mol. The minimum atomic E-state index is 0.368.